The second-order valence-electron chi connectivity index (χ2n) is 4.57. The van der Waals surface area contributed by atoms with Crippen LogP contribution in [0, 0.1) is 0 Å². The first-order chi connectivity index (χ1) is 8.76. The van der Waals surface area contributed by atoms with Crippen molar-refractivity contribution in [3.63, 3.8) is 0 Å². The van der Waals surface area contributed by atoms with Crippen LogP contribution in [-0.4, -0.2) is 39.4 Å². The zero-order valence-corrected chi connectivity index (χ0v) is 10.2. The molecule has 1 aliphatic rings. The van der Waals surface area contributed by atoms with Crippen LogP contribution in [0.1, 0.15) is 19.3 Å². The summed E-state index contributed by atoms with van der Waals surface area (Å²) in [6.45, 7) is 0. The highest BCUT2D eigenvalue weighted by atomic mass is 16.5. The van der Waals surface area contributed by atoms with E-state index in [2.05, 4.69) is 25.5 Å². The summed E-state index contributed by atoms with van der Waals surface area (Å²) in [5.41, 5.74) is 6.34. The van der Waals surface area contributed by atoms with Crippen LogP contribution in [-0.2, 0) is 4.74 Å². The molecule has 4 N–H and O–H groups in total. The smallest absolute Gasteiger partial charge is 0.224 e. The van der Waals surface area contributed by atoms with E-state index in [0.717, 1.165) is 30.5 Å². The van der Waals surface area contributed by atoms with Gasteiger partial charge < -0.3 is 15.8 Å². The van der Waals surface area contributed by atoms with Crippen molar-refractivity contribution in [2.75, 3.05) is 18.2 Å². The Hall–Kier alpha value is -1.89. The van der Waals surface area contributed by atoms with E-state index < -0.39 is 0 Å². The third-order valence-electron chi connectivity index (χ3n) is 3.39. The Balaban J connectivity index is 1.84. The van der Waals surface area contributed by atoms with Crippen molar-refractivity contribution in [1.82, 2.24) is 20.2 Å². The molecule has 0 radical (unpaired) electrons. The van der Waals surface area contributed by atoms with Crippen molar-refractivity contribution in [1.29, 1.82) is 0 Å². The molecule has 2 aromatic rings. The minimum atomic E-state index is 0.246. The molecule has 0 aliphatic heterocycles. The minimum absolute atomic E-state index is 0.246. The van der Waals surface area contributed by atoms with Crippen LogP contribution in [0.2, 0.25) is 0 Å². The molecule has 2 heterocycles. The molecule has 2 atom stereocenters. The molecule has 18 heavy (non-hydrogen) atoms. The lowest BCUT2D eigenvalue weighted by atomic mass is 10.2. The van der Waals surface area contributed by atoms with Crippen molar-refractivity contribution in [2.24, 2.45) is 0 Å². The molecular formula is C11H16N6O. The Morgan fingerprint density at radius 1 is 1.44 bits per heavy atom. The highest BCUT2D eigenvalue weighted by molar-refractivity contribution is 5.86. The monoisotopic (exact) mass is 248 g/mol. The molecule has 0 amide bonds. The number of nitrogens with zero attached hydrogens (tertiary/aromatic N) is 3. The molecule has 7 nitrogen and oxygen atoms in total. The maximum Gasteiger partial charge on any atom is 0.224 e. The highest BCUT2D eigenvalue weighted by Crippen LogP contribution is 2.27. The number of ether oxygens (including phenoxy) is 1. The second kappa shape index (κ2) is 4.41. The summed E-state index contributed by atoms with van der Waals surface area (Å²) in [7, 11) is 1.75. The Labute approximate surface area is 104 Å². The summed E-state index contributed by atoms with van der Waals surface area (Å²) in [6, 6.07) is 0.363. The molecule has 1 aliphatic carbocycles. The van der Waals surface area contributed by atoms with E-state index in [1.54, 1.807) is 13.3 Å². The third kappa shape index (κ3) is 1.97. The van der Waals surface area contributed by atoms with E-state index in [1.165, 1.54) is 0 Å². The van der Waals surface area contributed by atoms with Crippen LogP contribution < -0.4 is 11.1 Å². The molecule has 1 saturated carbocycles. The summed E-state index contributed by atoms with van der Waals surface area (Å²) < 4.78 is 5.36. The predicted molar refractivity (Wildman–Crippen MR) is 68.2 cm³/mol. The normalized spacial score (nSPS) is 23.6. The quantitative estimate of drug-likeness (QED) is 0.746. The number of nitrogens with two attached hydrogens (primary N) is 1. The topological polar surface area (TPSA) is 102 Å². The SMILES string of the molecule is COC1CCC(Nc2nc(N)nc3[nH]ncc23)C1. The van der Waals surface area contributed by atoms with Gasteiger partial charge >= 0.3 is 0 Å². The zero-order chi connectivity index (χ0) is 12.5. The van der Waals surface area contributed by atoms with Crippen LogP contribution >= 0.6 is 0 Å². The van der Waals surface area contributed by atoms with Crippen LogP contribution in [0.25, 0.3) is 11.0 Å². The molecule has 7 heteroatoms. The number of H-pyrrole nitrogens is 1. The van der Waals surface area contributed by atoms with Gasteiger partial charge in [0.25, 0.3) is 0 Å². The van der Waals surface area contributed by atoms with Crippen molar-refractivity contribution in [2.45, 2.75) is 31.4 Å². The summed E-state index contributed by atoms with van der Waals surface area (Å²) >= 11 is 0. The van der Waals surface area contributed by atoms with Crippen molar-refractivity contribution < 1.29 is 4.74 Å². The first-order valence-corrected chi connectivity index (χ1v) is 6.02. The molecular weight excluding hydrogens is 232 g/mol. The third-order valence-corrected chi connectivity index (χ3v) is 3.39. The summed E-state index contributed by atoms with van der Waals surface area (Å²) in [6.07, 6.45) is 5.17. The van der Waals surface area contributed by atoms with Gasteiger partial charge in [-0.3, -0.25) is 5.10 Å². The van der Waals surface area contributed by atoms with Gasteiger partial charge in [-0.05, 0) is 19.3 Å². The summed E-state index contributed by atoms with van der Waals surface area (Å²) in [4.78, 5) is 8.33. The fourth-order valence-electron chi connectivity index (χ4n) is 2.44. The largest absolute Gasteiger partial charge is 0.381 e. The standard InChI is InChI=1S/C11H16N6O/c1-18-7-3-2-6(4-7)14-9-8-5-13-17-10(8)16-11(12)15-9/h5-7H,2-4H2,1H3,(H4,12,13,14,15,16,17). The van der Waals surface area contributed by atoms with Crippen LogP contribution in [0.15, 0.2) is 6.20 Å². The van der Waals surface area contributed by atoms with Gasteiger partial charge in [0.15, 0.2) is 5.65 Å². The second-order valence-corrected chi connectivity index (χ2v) is 4.57. The zero-order valence-electron chi connectivity index (χ0n) is 10.2. The summed E-state index contributed by atoms with van der Waals surface area (Å²) in [5, 5.41) is 11.0. The maximum atomic E-state index is 5.68. The van der Waals surface area contributed by atoms with Gasteiger partial charge in [-0.15, -0.1) is 0 Å². The molecule has 0 bridgehead atoms. The molecule has 2 unspecified atom stereocenters. The first-order valence-electron chi connectivity index (χ1n) is 6.02. The number of hydrogen-bond acceptors (Lipinski definition) is 6. The fraction of sp³-hybridized carbons (Fsp3) is 0.545. The molecule has 2 aromatic heterocycles. The predicted octanol–water partition coefficient (Wildman–Crippen LogP) is 0.914. The molecule has 0 aromatic carbocycles. The fourth-order valence-corrected chi connectivity index (χ4v) is 2.44. The number of nitrogens with one attached hydrogen (secondary N) is 2. The number of fused-ring (bicyclic) bond motifs is 1. The van der Waals surface area contributed by atoms with Gasteiger partial charge in [0, 0.05) is 13.2 Å². The van der Waals surface area contributed by atoms with E-state index >= 15 is 0 Å². The molecule has 0 spiro atoms. The number of anilines is 2. The number of nitrogen functional groups attached to an aromatic ring is 1. The average Bonchev–Trinajstić information content (AvgIpc) is 2.97. The van der Waals surface area contributed by atoms with Crippen molar-refractivity contribution >= 4 is 22.8 Å². The van der Waals surface area contributed by atoms with E-state index in [1.807, 2.05) is 0 Å². The van der Waals surface area contributed by atoms with Crippen molar-refractivity contribution in [3.8, 4) is 0 Å². The first kappa shape index (κ1) is 11.2. The van der Waals surface area contributed by atoms with Gasteiger partial charge in [-0.1, -0.05) is 0 Å². The van der Waals surface area contributed by atoms with Gasteiger partial charge in [-0.25, -0.2) is 0 Å². The van der Waals surface area contributed by atoms with Crippen molar-refractivity contribution in [3.05, 3.63) is 6.20 Å². The Kier molecular flexibility index (Phi) is 2.75. The van der Waals surface area contributed by atoms with Gasteiger partial charge in [0.1, 0.15) is 5.82 Å². The van der Waals surface area contributed by atoms with E-state index in [0.29, 0.717) is 17.8 Å². The van der Waals surface area contributed by atoms with Crippen LogP contribution in [0.3, 0.4) is 0 Å². The van der Waals surface area contributed by atoms with E-state index in [9.17, 15) is 0 Å². The lowest BCUT2D eigenvalue weighted by molar-refractivity contribution is 0.108. The van der Waals surface area contributed by atoms with Gasteiger partial charge in [-0.2, -0.15) is 15.1 Å². The number of aromatic nitrogens is 4. The minimum Gasteiger partial charge on any atom is -0.381 e. The molecule has 0 saturated heterocycles. The Bertz CT molecular complexity index is 553. The molecule has 96 valence electrons. The van der Waals surface area contributed by atoms with Crippen LogP contribution in [0.4, 0.5) is 11.8 Å². The Morgan fingerprint density at radius 3 is 3.11 bits per heavy atom. The van der Waals surface area contributed by atoms with Gasteiger partial charge in [0.2, 0.25) is 5.95 Å². The molecule has 1 fully saturated rings. The van der Waals surface area contributed by atoms with E-state index in [-0.39, 0.29) is 5.95 Å². The van der Waals surface area contributed by atoms with Crippen LogP contribution in [0.5, 0.6) is 0 Å². The maximum absolute atomic E-state index is 5.68. The highest BCUT2D eigenvalue weighted by Gasteiger charge is 2.25. The molecule has 3 rings (SSSR count). The van der Waals surface area contributed by atoms with Gasteiger partial charge in [0.05, 0.1) is 17.7 Å². The lowest BCUT2D eigenvalue weighted by Crippen LogP contribution is -2.18. The van der Waals surface area contributed by atoms with E-state index in [4.69, 9.17) is 10.5 Å². The lowest BCUT2D eigenvalue weighted by Gasteiger charge is -2.14. The number of aromatic amines is 1. The number of methoxy groups -OCH3 is 1. The number of rotatable bonds is 3. The Morgan fingerprint density at radius 2 is 2.33 bits per heavy atom. The number of hydrogen-bond donors (Lipinski definition) is 3. The average molecular weight is 248 g/mol. The summed E-state index contributed by atoms with van der Waals surface area (Å²) in [5.74, 6) is 0.989.